The Labute approximate surface area is 131 Å². The Morgan fingerprint density at radius 3 is 2.68 bits per heavy atom. The molecule has 1 aliphatic rings. The number of amides is 1. The first-order valence-corrected chi connectivity index (χ1v) is 7.93. The lowest BCUT2D eigenvalue weighted by Gasteiger charge is -2.26. The van der Waals surface area contributed by atoms with Crippen LogP contribution in [0.3, 0.4) is 0 Å². The fraction of sp³-hybridized carbons (Fsp3) is 0.389. The second-order valence-corrected chi connectivity index (χ2v) is 5.82. The summed E-state index contributed by atoms with van der Waals surface area (Å²) in [5.41, 5.74) is 2.43. The van der Waals surface area contributed by atoms with Crippen LogP contribution in [0.2, 0.25) is 0 Å². The van der Waals surface area contributed by atoms with Gasteiger partial charge in [0.2, 0.25) is 0 Å². The van der Waals surface area contributed by atoms with E-state index in [2.05, 4.69) is 28.4 Å². The number of hydrogen-bond donors (Lipinski definition) is 1. The lowest BCUT2D eigenvalue weighted by Crippen LogP contribution is -2.29. The molecule has 0 aliphatic carbocycles. The van der Waals surface area contributed by atoms with Crippen molar-refractivity contribution in [3.05, 3.63) is 59.5 Å². The summed E-state index contributed by atoms with van der Waals surface area (Å²) in [6, 6.07) is 11.8. The number of piperidine rings is 1. The summed E-state index contributed by atoms with van der Waals surface area (Å²) in [5, 5.41) is 2.89. The van der Waals surface area contributed by atoms with Gasteiger partial charge in [0.15, 0.2) is 5.76 Å². The van der Waals surface area contributed by atoms with Gasteiger partial charge in [0.25, 0.3) is 5.91 Å². The molecule has 1 N–H and O–H groups in total. The number of rotatable bonds is 5. The molecule has 2 aromatic rings. The third-order valence-corrected chi connectivity index (χ3v) is 4.04. The molecule has 0 radical (unpaired) electrons. The van der Waals surface area contributed by atoms with Crippen molar-refractivity contribution in [1.29, 1.82) is 0 Å². The Bertz CT molecular complexity index is 601. The molecule has 1 aliphatic heterocycles. The van der Waals surface area contributed by atoms with Crippen molar-refractivity contribution >= 4 is 5.91 Å². The summed E-state index contributed by atoms with van der Waals surface area (Å²) in [6.07, 6.45) is 5.47. The van der Waals surface area contributed by atoms with Crippen molar-refractivity contribution in [3.8, 4) is 0 Å². The number of hydrogen-bond acceptors (Lipinski definition) is 3. The first-order chi connectivity index (χ1) is 10.8. The van der Waals surface area contributed by atoms with E-state index in [-0.39, 0.29) is 5.91 Å². The number of carbonyl (C=O) groups is 1. The molecular formula is C18H22N2O2. The van der Waals surface area contributed by atoms with Crippen molar-refractivity contribution in [3.63, 3.8) is 0 Å². The predicted molar refractivity (Wildman–Crippen MR) is 85.4 cm³/mol. The highest BCUT2D eigenvalue weighted by Gasteiger charge is 2.11. The Hall–Kier alpha value is -2.07. The maximum absolute atomic E-state index is 11.9. The first kappa shape index (κ1) is 14.9. The van der Waals surface area contributed by atoms with Crippen molar-refractivity contribution in [1.82, 2.24) is 10.2 Å². The molecule has 1 aromatic heterocycles. The van der Waals surface area contributed by atoms with Gasteiger partial charge in [0, 0.05) is 13.1 Å². The molecule has 2 heterocycles. The number of nitrogens with zero attached hydrogens (tertiary/aromatic N) is 1. The van der Waals surface area contributed by atoms with Gasteiger partial charge in [0.1, 0.15) is 0 Å². The Kier molecular flexibility index (Phi) is 4.91. The normalized spacial score (nSPS) is 15.6. The second kappa shape index (κ2) is 7.27. The fourth-order valence-electron chi connectivity index (χ4n) is 2.89. The van der Waals surface area contributed by atoms with Crippen LogP contribution < -0.4 is 5.32 Å². The summed E-state index contributed by atoms with van der Waals surface area (Å²) < 4.78 is 5.09. The molecule has 3 rings (SSSR count). The molecule has 1 amide bonds. The molecule has 116 valence electrons. The number of furan rings is 1. The van der Waals surface area contributed by atoms with Gasteiger partial charge in [-0.1, -0.05) is 30.7 Å². The lowest BCUT2D eigenvalue weighted by molar-refractivity contribution is 0.0923. The van der Waals surface area contributed by atoms with E-state index >= 15 is 0 Å². The zero-order valence-corrected chi connectivity index (χ0v) is 12.8. The standard InChI is InChI=1S/C18H22N2O2/c21-18(17-8-5-11-22-17)19-13-15-6-4-7-16(12-15)14-20-9-2-1-3-10-20/h4-8,11-12H,1-3,9-10,13-14H2,(H,19,21). The van der Waals surface area contributed by atoms with Crippen LogP contribution in [0.5, 0.6) is 0 Å². The number of carbonyl (C=O) groups excluding carboxylic acids is 1. The van der Waals surface area contributed by atoms with Gasteiger partial charge >= 0.3 is 0 Å². The molecule has 1 saturated heterocycles. The highest BCUT2D eigenvalue weighted by molar-refractivity contribution is 5.91. The predicted octanol–water partition coefficient (Wildman–Crippen LogP) is 3.20. The molecule has 0 unspecified atom stereocenters. The molecule has 22 heavy (non-hydrogen) atoms. The van der Waals surface area contributed by atoms with Gasteiger partial charge in [-0.3, -0.25) is 9.69 Å². The third-order valence-electron chi connectivity index (χ3n) is 4.04. The Balaban J connectivity index is 1.55. The average Bonchev–Trinajstić information content (AvgIpc) is 3.08. The van der Waals surface area contributed by atoms with Crippen molar-refractivity contribution in [2.24, 2.45) is 0 Å². The van der Waals surface area contributed by atoms with Crippen LogP contribution in [0.25, 0.3) is 0 Å². The largest absolute Gasteiger partial charge is 0.459 e. The van der Waals surface area contributed by atoms with Crippen LogP contribution >= 0.6 is 0 Å². The quantitative estimate of drug-likeness (QED) is 0.922. The minimum Gasteiger partial charge on any atom is -0.459 e. The van der Waals surface area contributed by atoms with Gasteiger partial charge in [-0.05, 0) is 49.2 Å². The number of nitrogens with one attached hydrogen (secondary N) is 1. The summed E-state index contributed by atoms with van der Waals surface area (Å²) in [5.74, 6) is 0.177. The van der Waals surface area contributed by atoms with E-state index in [1.165, 1.54) is 44.2 Å². The molecule has 1 fully saturated rings. The smallest absolute Gasteiger partial charge is 0.287 e. The molecule has 0 saturated carbocycles. The highest BCUT2D eigenvalue weighted by Crippen LogP contribution is 2.14. The van der Waals surface area contributed by atoms with Gasteiger partial charge in [0.05, 0.1) is 6.26 Å². The summed E-state index contributed by atoms with van der Waals surface area (Å²) >= 11 is 0. The molecule has 4 heteroatoms. The topological polar surface area (TPSA) is 45.5 Å². The summed E-state index contributed by atoms with van der Waals surface area (Å²) in [7, 11) is 0. The van der Waals surface area contributed by atoms with E-state index in [4.69, 9.17) is 4.42 Å². The third kappa shape index (κ3) is 3.98. The minimum atomic E-state index is -0.175. The van der Waals surface area contributed by atoms with Gasteiger partial charge in [-0.15, -0.1) is 0 Å². The average molecular weight is 298 g/mol. The van der Waals surface area contributed by atoms with E-state index in [9.17, 15) is 4.79 Å². The molecule has 0 bridgehead atoms. The first-order valence-electron chi connectivity index (χ1n) is 7.93. The maximum Gasteiger partial charge on any atom is 0.287 e. The molecule has 0 spiro atoms. The van der Waals surface area contributed by atoms with Crippen LogP contribution in [0.4, 0.5) is 0 Å². The van der Waals surface area contributed by atoms with E-state index in [0.717, 1.165) is 12.1 Å². The zero-order chi connectivity index (χ0) is 15.2. The van der Waals surface area contributed by atoms with Crippen LogP contribution in [-0.4, -0.2) is 23.9 Å². The molecular weight excluding hydrogens is 276 g/mol. The van der Waals surface area contributed by atoms with Crippen molar-refractivity contribution < 1.29 is 9.21 Å². The van der Waals surface area contributed by atoms with Crippen molar-refractivity contribution in [2.45, 2.75) is 32.4 Å². The molecule has 1 aromatic carbocycles. The maximum atomic E-state index is 11.9. The van der Waals surface area contributed by atoms with E-state index < -0.39 is 0 Å². The van der Waals surface area contributed by atoms with Crippen molar-refractivity contribution in [2.75, 3.05) is 13.1 Å². The van der Waals surface area contributed by atoms with E-state index in [1.54, 1.807) is 12.1 Å². The van der Waals surface area contributed by atoms with Crippen LogP contribution in [0.1, 0.15) is 40.9 Å². The Morgan fingerprint density at radius 2 is 1.91 bits per heavy atom. The van der Waals surface area contributed by atoms with Crippen LogP contribution in [0, 0.1) is 0 Å². The number of likely N-dealkylation sites (tertiary alicyclic amines) is 1. The van der Waals surface area contributed by atoms with Crippen LogP contribution in [-0.2, 0) is 13.1 Å². The van der Waals surface area contributed by atoms with Gasteiger partial charge in [-0.2, -0.15) is 0 Å². The zero-order valence-electron chi connectivity index (χ0n) is 12.8. The van der Waals surface area contributed by atoms with Gasteiger partial charge < -0.3 is 9.73 Å². The highest BCUT2D eigenvalue weighted by atomic mass is 16.3. The molecule has 0 atom stereocenters. The second-order valence-electron chi connectivity index (χ2n) is 5.82. The van der Waals surface area contributed by atoms with Crippen LogP contribution in [0.15, 0.2) is 47.1 Å². The SMILES string of the molecule is O=C(NCc1cccc(CN2CCCCC2)c1)c1ccco1. The monoisotopic (exact) mass is 298 g/mol. The lowest BCUT2D eigenvalue weighted by atomic mass is 10.1. The summed E-state index contributed by atoms with van der Waals surface area (Å²) in [4.78, 5) is 14.4. The van der Waals surface area contributed by atoms with Gasteiger partial charge in [-0.25, -0.2) is 0 Å². The Morgan fingerprint density at radius 1 is 1.09 bits per heavy atom. The fourth-order valence-corrected chi connectivity index (χ4v) is 2.89. The number of benzene rings is 1. The summed E-state index contributed by atoms with van der Waals surface area (Å²) in [6.45, 7) is 3.91. The minimum absolute atomic E-state index is 0.175. The molecule has 4 nitrogen and oxygen atoms in total. The van der Waals surface area contributed by atoms with E-state index in [0.29, 0.717) is 12.3 Å². The van der Waals surface area contributed by atoms with E-state index in [1.807, 2.05) is 6.07 Å².